The summed E-state index contributed by atoms with van der Waals surface area (Å²) in [7, 11) is 1.91. The lowest BCUT2D eigenvalue weighted by molar-refractivity contribution is 0.0693. The van der Waals surface area contributed by atoms with Gasteiger partial charge in [0.05, 0.1) is 0 Å². The smallest absolute Gasteiger partial charge is 0.253 e. The largest absolute Gasteiger partial charge is 0.338 e. The zero-order valence-electron chi connectivity index (χ0n) is 21.3. The molecule has 0 aromatic heterocycles. The highest BCUT2D eigenvalue weighted by Gasteiger charge is 2.34. The summed E-state index contributed by atoms with van der Waals surface area (Å²) in [4.78, 5) is 15.3. The van der Waals surface area contributed by atoms with Crippen molar-refractivity contribution in [1.82, 2.24) is 4.90 Å². The molecule has 0 saturated heterocycles. The van der Waals surface area contributed by atoms with Crippen LogP contribution < -0.4 is 5.73 Å². The maximum atomic E-state index is 13.4. The number of halogens is 1. The van der Waals surface area contributed by atoms with Gasteiger partial charge in [-0.05, 0) is 77.3 Å². The third-order valence-corrected chi connectivity index (χ3v) is 8.41. The van der Waals surface area contributed by atoms with Gasteiger partial charge in [-0.1, -0.05) is 74.6 Å². The van der Waals surface area contributed by atoms with Gasteiger partial charge >= 0.3 is 0 Å². The molecule has 0 spiro atoms. The van der Waals surface area contributed by atoms with Gasteiger partial charge < -0.3 is 10.6 Å². The van der Waals surface area contributed by atoms with Crippen molar-refractivity contribution in [2.24, 2.45) is 11.7 Å². The van der Waals surface area contributed by atoms with E-state index in [4.69, 9.17) is 5.73 Å². The van der Waals surface area contributed by atoms with Crippen LogP contribution >= 0.6 is 0 Å². The third-order valence-electron chi connectivity index (χ3n) is 8.41. The normalized spacial score (nSPS) is 20.1. The predicted molar refractivity (Wildman–Crippen MR) is 145 cm³/mol. The summed E-state index contributed by atoms with van der Waals surface area (Å²) < 4.78 is 13.2. The monoisotopic (exact) mass is 484 g/mol. The molecule has 5 rings (SSSR count). The molecular weight excluding hydrogens is 447 g/mol. The number of likely N-dealkylation sites (N-methyl/N-ethyl adjacent to an activating group) is 1. The topological polar surface area (TPSA) is 46.3 Å². The minimum atomic E-state index is -0.254. The fraction of sp³-hybridized carbons (Fsp3) is 0.406. The Labute approximate surface area is 214 Å². The molecule has 3 nitrogen and oxygen atoms in total. The Hall–Kier alpha value is -2.98. The van der Waals surface area contributed by atoms with E-state index in [0.29, 0.717) is 12.1 Å². The number of benzene rings is 3. The van der Waals surface area contributed by atoms with Crippen LogP contribution in [0.5, 0.6) is 0 Å². The van der Waals surface area contributed by atoms with Crippen LogP contribution in [0.3, 0.4) is 0 Å². The van der Waals surface area contributed by atoms with Crippen molar-refractivity contribution in [3.8, 4) is 11.1 Å². The second kappa shape index (κ2) is 11.0. The average molecular weight is 485 g/mol. The maximum Gasteiger partial charge on any atom is 0.253 e. The van der Waals surface area contributed by atoms with Gasteiger partial charge in [0, 0.05) is 31.1 Å². The van der Waals surface area contributed by atoms with Crippen LogP contribution in [-0.4, -0.2) is 30.4 Å². The van der Waals surface area contributed by atoms with Crippen molar-refractivity contribution in [2.45, 2.75) is 63.3 Å². The zero-order chi connectivity index (χ0) is 25.1. The lowest BCUT2D eigenvalue weighted by Gasteiger charge is -2.39. The van der Waals surface area contributed by atoms with E-state index in [-0.39, 0.29) is 23.7 Å². The molecule has 2 aliphatic carbocycles. The highest BCUT2D eigenvalue weighted by molar-refractivity contribution is 5.94. The van der Waals surface area contributed by atoms with Crippen LogP contribution in [-0.2, 0) is 12.8 Å². The molecule has 188 valence electrons. The quantitative estimate of drug-likeness (QED) is 0.421. The van der Waals surface area contributed by atoms with E-state index in [9.17, 15) is 9.18 Å². The van der Waals surface area contributed by atoms with Crippen LogP contribution in [0.1, 0.15) is 71.5 Å². The average Bonchev–Trinajstić information content (AvgIpc) is 2.92. The van der Waals surface area contributed by atoms with E-state index < -0.39 is 0 Å². The van der Waals surface area contributed by atoms with E-state index in [1.54, 1.807) is 12.1 Å². The first-order valence-electron chi connectivity index (χ1n) is 13.5. The SMILES string of the molecule is CN(C(=O)c1ccc(-c2ccc(F)cc2)cc1)C1CCc2cc(CC3CCCCC3)ccc2C1CN. The molecule has 1 saturated carbocycles. The molecule has 1 amide bonds. The van der Waals surface area contributed by atoms with E-state index in [2.05, 4.69) is 18.2 Å². The van der Waals surface area contributed by atoms with Crippen molar-refractivity contribution in [3.63, 3.8) is 0 Å². The molecule has 0 bridgehead atoms. The summed E-state index contributed by atoms with van der Waals surface area (Å²) in [6, 6.07) is 21.1. The molecule has 2 N–H and O–H groups in total. The number of carbonyl (C=O) groups is 1. The summed E-state index contributed by atoms with van der Waals surface area (Å²) in [5.74, 6) is 0.735. The molecule has 3 aromatic carbocycles. The summed E-state index contributed by atoms with van der Waals surface area (Å²) >= 11 is 0. The molecule has 2 atom stereocenters. The molecule has 0 radical (unpaired) electrons. The predicted octanol–water partition coefficient (Wildman–Crippen LogP) is 6.74. The van der Waals surface area contributed by atoms with Crippen molar-refractivity contribution in [1.29, 1.82) is 0 Å². The number of fused-ring (bicyclic) bond motifs is 1. The van der Waals surface area contributed by atoms with Crippen LogP contribution in [0.25, 0.3) is 11.1 Å². The van der Waals surface area contributed by atoms with Gasteiger partial charge in [-0.15, -0.1) is 0 Å². The zero-order valence-corrected chi connectivity index (χ0v) is 21.3. The Morgan fingerprint density at radius 2 is 1.58 bits per heavy atom. The second-order valence-corrected chi connectivity index (χ2v) is 10.7. The van der Waals surface area contributed by atoms with Gasteiger partial charge in [0.15, 0.2) is 0 Å². The standard InChI is InChI=1S/C32H37FN2O/c1-35(32(36)26-10-8-24(9-11-26)25-12-15-28(33)16-13-25)31-18-14-27-20-23(7-17-29(27)30(31)21-34)19-22-5-3-2-4-6-22/h7-13,15-17,20,22,30-31H,2-6,14,18-19,21,34H2,1H3. The van der Waals surface area contributed by atoms with Crippen molar-refractivity contribution in [3.05, 3.63) is 94.8 Å². The van der Waals surface area contributed by atoms with Gasteiger partial charge in [-0.25, -0.2) is 4.39 Å². The highest BCUT2D eigenvalue weighted by Crippen LogP contribution is 2.36. The molecular formula is C32H37FN2O. The first-order valence-corrected chi connectivity index (χ1v) is 13.5. The number of amides is 1. The fourth-order valence-corrected chi connectivity index (χ4v) is 6.35. The van der Waals surface area contributed by atoms with Crippen molar-refractivity contribution >= 4 is 5.91 Å². The highest BCUT2D eigenvalue weighted by atomic mass is 19.1. The van der Waals surface area contributed by atoms with E-state index in [1.165, 1.54) is 67.3 Å². The number of hydrogen-bond acceptors (Lipinski definition) is 2. The molecule has 2 aliphatic rings. The Bertz CT molecular complexity index is 1180. The summed E-state index contributed by atoms with van der Waals surface area (Å²) in [5, 5.41) is 0. The minimum Gasteiger partial charge on any atom is -0.338 e. The number of aryl methyl sites for hydroxylation is 1. The second-order valence-electron chi connectivity index (χ2n) is 10.7. The van der Waals surface area contributed by atoms with Crippen LogP contribution in [0.2, 0.25) is 0 Å². The Morgan fingerprint density at radius 3 is 2.25 bits per heavy atom. The summed E-state index contributed by atoms with van der Waals surface area (Å²) in [5.41, 5.74) is 13.0. The first-order chi connectivity index (χ1) is 17.5. The van der Waals surface area contributed by atoms with Gasteiger partial charge in [0.1, 0.15) is 5.82 Å². The molecule has 1 fully saturated rings. The molecule has 0 heterocycles. The lowest BCUT2D eigenvalue weighted by atomic mass is 9.77. The molecule has 3 aromatic rings. The number of nitrogens with two attached hydrogens (primary N) is 1. The fourth-order valence-electron chi connectivity index (χ4n) is 6.35. The van der Waals surface area contributed by atoms with Crippen molar-refractivity contribution < 1.29 is 9.18 Å². The first kappa shape index (κ1) is 24.7. The number of rotatable bonds is 6. The van der Waals surface area contributed by atoms with Gasteiger partial charge in [0.2, 0.25) is 0 Å². The summed E-state index contributed by atoms with van der Waals surface area (Å²) in [6.45, 7) is 0.529. The van der Waals surface area contributed by atoms with Gasteiger partial charge in [-0.2, -0.15) is 0 Å². The third kappa shape index (κ3) is 5.24. The Morgan fingerprint density at radius 1 is 0.917 bits per heavy atom. The molecule has 2 unspecified atom stereocenters. The Balaban J connectivity index is 1.29. The van der Waals surface area contributed by atoms with Gasteiger partial charge in [-0.3, -0.25) is 4.79 Å². The van der Waals surface area contributed by atoms with Crippen LogP contribution in [0.15, 0.2) is 66.7 Å². The molecule has 0 aliphatic heterocycles. The van der Waals surface area contributed by atoms with Crippen molar-refractivity contribution in [2.75, 3.05) is 13.6 Å². The number of carbonyl (C=O) groups excluding carboxylic acids is 1. The maximum absolute atomic E-state index is 13.4. The summed E-state index contributed by atoms with van der Waals surface area (Å²) in [6.07, 6.45) is 9.98. The van der Waals surface area contributed by atoms with Crippen LogP contribution in [0, 0.1) is 11.7 Å². The van der Waals surface area contributed by atoms with Crippen LogP contribution in [0.4, 0.5) is 4.39 Å². The number of hydrogen-bond donors (Lipinski definition) is 1. The van der Waals surface area contributed by atoms with E-state index in [0.717, 1.165) is 29.9 Å². The lowest BCUT2D eigenvalue weighted by Crippen LogP contribution is -2.45. The minimum absolute atomic E-state index is 0.0153. The Kier molecular flexibility index (Phi) is 7.52. The van der Waals surface area contributed by atoms with E-state index in [1.807, 2.05) is 36.2 Å². The van der Waals surface area contributed by atoms with E-state index >= 15 is 0 Å². The van der Waals surface area contributed by atoms with Gasteiger partial charge in [0.25, 0.3) is 5.91 Å². The molecule has 36 heavy (non-hydrogen) atoms. The number of nitrogens with zero attached hydrogens (tertiary/aromatic N) is 1. The molecule has 4 heteroatoms.